The number of hydrazone groups is 1. The summed E-state index contributed by atoms with van der Waals surface area (Å²) in [5, 5.41) is 6.87. The van der Waals surface area contributed by atoms with Crippen molar-refractivity contribution < 1.29 is 9.59 Å². The van der Waals surface area contributed by atoms with Crippen molar-refractivity contribution in [2.45, 2.75) is 0 Å². The highest BCUT2D eigenvalue weighted by molar-refractivity contribution is 9.10. The first-order valence-corrected chi connectivity index (χ1v) is 7.83. The Kier molecular flexibility index (Phi) is 6.31. The number of hydrogen-bond acceptors (Lipinski definition) is 3. The van der Waals surface area contributed by atoms with Gasteiger partial charge in [0.05, 0.1) is 12.8 Å². The summed E-state index contributed by atoms with van der Waals surface area (Å²) >= 11 is 9.09. The van der Waals surface area contributed by atoms with Crippen molar-refractivity contribution in [3.05, 3.63) is 69.2 Å². The highest BCUT2D eigenvalue weighted by atomic mass is 79.9. The van der Waals surface area contributed by atoms with E-state index in [4.69, 9.17) is 11.6 Å². The van der Waals surface area contributed by atoms with Gasteiger partial charge in [0, 0.05) is 15.1 Å². The molecule has 0 aliphatic heterocycles. The third kappa shape index (κ3) is 5.84. The van der Waals surface area contributed by atoms with E-state index in [0.29, 0.717) is 10.6 Å². The number of rotatable bonds is 5. The molecule has 0 spiro atoms. The molecule has 2 aromatic rings. The fraction of sp³-hybridized carbons (Fsp3) is 0.0625. The first-order valence-electron chi connectivity index (χ1n) is 6.66. The summed E-state index contributed by atoms with van der Waals surface area (Å²) in [6, 6.07) is 13.8. The molecule has 0 heterocycles. The highest BCUT2D eigenvalue weighted by Gasteiger charge is 2.07. The molecule has 0 atom stereocenters. The monoisotopic (exact) mass is 393 g/mol. The third-order valence-electron chi connectivity index (χ3n) is 2.77. The van der Waals surface area contributed by atoms with E-state index in [1.54, 1.807) is 24.3 Å². The Morgan fingerprint density at radius 2 is 1.91 bits per heavy atom. The normalized spacial score (nSPS) is 10.5. The molecule has 118 valence electrons. The summed E-state index contributed by atoms with van der Waals surface area (Å²) in [6.07, 6.45) is 1.52. The van der Waals surface area contributed by atoms with Gasteiger partial charge in [0.25, 0.3) is 11.8 Å². The van der Waals surface area contributed by atoms with Gasteiger partial charge in [0.2, 0.25) is 0 Å². The van der Waals surface area contributed by atoms with Crippen LogP contribution in [0, 0.1) is 0 Å². The maximum atomic E-state index is 11.8. The maximum absolute atomic E-state index is 11.8. The zero-order chi connectivity index (χ0) is 16.7. The topological polar surface area (TPSA) is 70.6 Å². The van der Waals surface area contributed by atoms with Crippen molar-refractivity contribution in [2.24, 2.45) is 5.10 Å². The summed E-state index contributed by atoms with van der Waals surface area (Å²) in [5.41, 5.74) is 3.61. The number of nitrogens with zero attached hydrogens (tertiary/aromatic N) is 1. The summed E-state index contributed by atoms with van der Waals surface area (Å²) in [5.74, 6) is -0.772. The number of amides is 2. The lowest BCUT2D eigenvalue weighted by Crippen LogP contribution is -2.34. The van der Waals surface area contributed by atoms with Gasteiger partial charge in [-0.2, -0.15) is 5.10 Å². The molecule has 0 saturated heterocycles. The van der Waals surface area contributed by atoms with Gasteiger partial charge in [-0.05, 0) is 42.0 Å². The Hall–Kier alpha value is -2.18. The average molecular weight is 395 g/mol. The maximum Gasteiger partial charge on any atom is 0.259 e. The van der Waals surface area contributed by atoms with Crippen LogP contribution in [0.2, 0.25) is 5.02 Å². The largest absolute Gasteiger partial charge is 0.343 e. The van der Waals surface area contributed by atoms with Gasteiger partial charge in [-0.1, -0.05) is 39.7 Å². The molecule has 0 aromatic heterocycles. The molecule has 2 amide bonds. The van der Waals surface area contributed by atoms with Crippen LogP contribution in [0.1, 0.15) is 15.9 Å². The number of benzene rings is 2. The molecule has 23 heavy (non-hydrogen) atoms. The van der Waals surface area contributed by atoms with E-state index >= 15 is 0 Å². The van der Waals surface area contributed by atoms with Gasteiger partial charge in [-0.3, -0.25) is 9.59 Å². The second kappa shape index (κ2) is 8.45. The number of carbonyl (C=O) groups excluding carboxylic acids is 2. The fourth-order valence-corrected chi connectivity index (χ4v) is 2.21. The lowest BCUT2D eigenvalue weighted by molar-refractivity contribution is -0.120. The van der Waals surface area contributed by atoms with E-state index in [1.807, 2.05) is 24.3 Å². The van der Waals surface area contributed by atoms with Crippen LogP contribution in [-0.4, -0.2) is 24.6 Å². The van der Waals surface area contributed by atoms with Gasteiger partial charge in [-0.15, -0.1) is 0 Å². The van der Waals surface area contributed by atoms with Crippen molar-refractivity contribution >= 4 is 45.6 Å². The SMILES string of the molecule is O=C(CNC(=O)c1ccc(Cl)cc1)NN=Cc1cccc(Br)c1. The minimum absolute atomic E-state index is 0.169. The van der Waals surface area contributed by atoms with Crippen molar-refractivity contribution in [3.63, 3.8) is 0 Å². The number of carbonyl (C=O) groups is 2. The Labute approximate surface area is 146 Å². The van der Waals surface area contributed by atoms with E-state index < -0.39 is 5.91 Å². The van der Waals surface area contributed by atoms with Crippen molar-refractivity contribution in [1.29, 1.82) is 0 Å². The van der Waals surface area contributed by atoms with Gasteiger partial charge in [0.1, 0.15) is 0 Å². The van der Waals surface area contributed by atoms with Crippen LogP contribution in [0.15, 0.2) is 58.1 Å². The zero-order valence-electron chi connectivity index (χ0n) is 11.9. The molecule has 0 fully saturated rings. The quantitative estimate of drug-likeness (QED) is 0.604. The second-order valence-corrected chi connectivity index (χ2v) is 5.89. The third-order valence-corrected chi connectivity index (χ3v) is 3.51. The lowest BCUT2D eigenvalue weighted by atomic mass is 10.2. The van der Waals surface area contributed by atoms with Crippen LogP contribution >= 0.6 is 27.5 Å². The van der Waals surface area contributed by atoms with Crippen LogP contribution in [0.4, 0.5) is 0 Å². The molecule has 0 saturated carbocycles. The van der Waals surface area contributed by atoms with Crippen LogP contribution < -0.4 is 10.7 Å². The summed E-state index contributed by atoms with van der Waals surface area (Å²) in [6.45, 7) is -0.169. The average Bonchev–Trinajstić information content (AvgIpc) is 2.53. The fourth-order valence-electron chi connectivity index (χ4n) is 1.67. The minimum atomic E-state index is -0.418. The Bertz CT molecular complexity index is 732. The second-order valence-electron chi connectivity index (χ2n) is 4.54. The number of halogens is 2. The summed E-state index contributed by atoms with van der Waals surface area (Å²) < 4.78 is 0.919. The molecule has 0 unspecified atom stereocenters. The Morgan fingerprint density at radius 1 is 1.17 bits per heavy atom. The molecule has 0 radical (unpaired) electrons. The van der Waals surface area contributed by atoms with Gasteiger partial charge >= 0.3 is 0 Å². The molecule has 7 heteroatoms. The molecule has 0 bridgehead atoms. The lowest BCUT2D eigenvalue weighted by Gasteiger charge is -2.04. The first kappa shape index (κ1) is 17.2. The predicted octanol–water partition coefficient (Wildman–Crippen LogP) is 2.98. The predicted molar refractivity (Wildman–Crippen MR) is 93.7 cm³/mol. The molecule has 0 aliphatic rings. The summed E-state index contributed by atoms with van der Waals surface area (Å²) in [4.78, 5) is 23.4. The highest BCUT2D eigenvalue weighted by Crippen LogP contribution is 2.10. The Balaban J connectivity index is 1.78. The Morgan fingerprint density at radius 3 is 2.61 bits per heavy atom. The smallest absolute Gasteiger partial charge is 0.259 e. The molecule has 5 nitrogen and oxygen atoms in total. The molecule has 0 aliphatic carbocycles. The van der Waals surface area contributed by atoms with Gasteiger partial charge in [-0.25, -0.2) is 5.43 Å². The molecular formula is C16H13BrClN3O2. The van der Waals surface area contributed by atoms with Crippen LogP contribution in [0.3, 0.4) is 0 Å². The molecular weight excluding hydrogens is 382 g/mol. The molecule has 2 rings (SSSR count). The van der Waals surface area contributed by atoms with E-state index in [0.717, 1.165) is 10.0 Å². The first-order chi connectivity index (χ1) is 11.0. The van der Waals surface area contributed by atoms with Crippen molar-refractivity contribution in [2.75, 3.05) is 6.54 Å². The minimum Gasteiger partial charge on any atom is -0.343 e. The van der Waals surface area contributed by atoms with Crippen LogP contribution in [-0.2, 0) is 4.79 Å². The van der Waals surface area contributed by atoms with Crippen molar-refractivity contribution in [1.82, 2.24) is 10.7 Å². The van der Waals surface area contributed by atoms with Crippen molar-refractivity contribution in [3.8, 4) is 0 Å². The molecule has 2 N–H and O–H groups in total. The molecule has 2 aromatic carbocycles. The number of hydrogen-bond donors (Lipinski definition) is 2. The van der Waals surface area contributed by atoms with E-state index in [2.05, 4.69) is 31.8 Å². The van der Waals surface area contributed by atoms with Crippen LogP contribution in [0.5, 0.6) is 0 Å². The number of nitrogens with one attached hydrogen (secondary N) is 2. The van der Waals surface area contributed by atoms with E-state index in [9.17, 15) is 9.59 Å². The zero-order valence-corrected chi connectivity index (χ0v) is 14.3. The van der Waals surface area contributed by atoms with E-state index in [1.165, 1.54) is 6.21 Å². The van der Waals surface area contributed by atoms with Crippen LogP contribution in [0.25, 0.3) is 0 Å². The van der Waals surface area contributed by atoms with Gasteiger partial charge in [0.15, 0.2) is 0 Å². The summed E-state index contributed by atoms with van der Waals surface area (Å²) in [7, 11) is 0. The van der Waals surface area contributed by atoms with Gasteiger partial charge < -0.3 is 5.32 Å². The standard InChI is InChI=1S/C16H13BrClN3O2/c17-13-3-1-2-11(8-13)9-20-21-15(22)10-19-16(23)12-4-6-14(18)7-5-12/h1-9H,10H2,(H,19,23)(H,21,22). The van der Waals surface area contributed by atoms with E-state index in [-0.39, 0.29) is 12.5 Å².